The zero-order chi connectivity index (χ0) is 14.7. The minimum atomic E-state index is -0.544. The predicted molar refractivity (Wildman–Crippen MR) is 79.1 cm³/mol. The molecule has 104 valence electrons. The number of nitro benzene ring substituents is 1. The van der Waals surface area contributed by atoms with Crippen molar-refractivity contribution in [3.8, 4) is 5.75 Å². The number of amides is 1. The summed E-state index contributed by atoms with van der Waals surface area (Å²) in [5.41, 5.74) is 0.311. The number of thioether (sulfide) groups is 1. The third kappa shape index (κ3) is 2.94. The van der Waals surface area contributed by atoms with Gasteiger partial charge < -0.3 is 4.74 Å². The second kappa shape index (κ2) is 5.97. The van der Waals surface area contributed by atoms with Crippen molar-refractivity contribution in [1.82, 2.24) is 5.01 Å². The fourth-order valence-corrected chi connectivity index (χ4v) is 2.48. The highest BCUT2D eigenvalue weighted by atomic mass is 32.2. The second-order valence-electron chi connectivity index (χ2n) is 3.69. The number of carbonyl (C=O) groups is 1. The van der Waals surface area contributed by atoms with Crippen molar-refractivity contribution in [1.29, 1.82) is 0 Å². The van der Waals surface area contributed by atoms with Gasteiger partial charge >= 0.3 is 5.69 Å². The Labute approximate surface area is 123 Å². The van der Waals surface area contributed by atoms with Crippen molar-refractivity contribution in [2.24, 2.45) is 5.10 Å². The molecule has 7 nitrogen and oxygen atoms in total. The predicted octanol–water partition coefficient (Wildman–Crippen LogP) is 1.80. The molecular weight excluding hydrogens is 302 g/mol. The molecule has 1 aliphatic heterocycles. The number of rotatable bonds is 4. The van der Waals surface area contributed by atoms with E-state index in [1.807, 2.05) is 0 Å². The normalized spacial score (nSPS) is 15.2. The van der Waals surface area contributed by atoms with Crippen LogP contribution in [0.1, 0.15) is 5.56 Å². The summed E-state index contributed by atoms with van der Waals surface area (Å²) >= 11 is 6.19. The smallest absolute Gasteiger partial charge is 0.311 e. The van der Waals surface area contributed by atoms with Crippen LogP contribution in [0.5, 0.6) is 5.75 Å². The molecule has 1 aromatic carbocycles. The standard InChI is InChI=1S/C11H9N3O4S2/c1-18-9-3-2-7(4-8(9)14(16)17)5-12-13-10(15)6-20-11(13)19/h2-5H,6H2,1H3/b12-5+. The summed E-state index contributed by atoms with van der Waals surface area (Å²) in [7, 11) is 1.36. The molecule has 1 aromatic rings. The molecule has 0 radical (unpaired) electrons. The zero-order valence-electron chi connectivity index (χ0n) is 10.3. The van der Waals surface area contributed by atoms with E-state index in [1.165, 1.54) is 37.2 Å². The topological polar surface area (TPSA) is 85.0 Å². The minimum Gasteiger partial charge on any atom is -0.490 e. The summed E-state index contributed by atoms with van der Waals surface area (Å²) in [6.45, 7) is 0. The molecule has 1 fully saturated rings. The first-order valence-electron chi connectivity index (χ1n) is 5.39. The SMILES string of the molecule is COc1ccc(/C=N/N2C(=O)CSC2=S)cc1[N+](=O)[O-]. The van der Waals surface area contributed by atoms with E-state index in [9.17, 15) is 14.9 Å². The van der Waals surface area contributed by atoms with Gasteiger partial charge in [0.25, 0.3) is 5.91 Å². The summed E-state index contributed by atoms with van der Waals surface area (Å²) in [5.74, 6) is 0.216. The van der Waals surface area contributed by atoms with E-state index in [4.69, 9.17) is 17.0 Å². The van der Waals surface area contributed by atoms with Gasteiger partial charge in [-0.1, -0.05) is 24.0 Å². The van der Waals surface area contributed by atoms with Gasteiger partial charge in [0.05, 0.1) is 24.0 Å². The van der Waals surface area contributed by atoms with Crippen LogP contribution in [0.4, 0.5) is 5.69 Å². The number of ether oxygens (including phenoxy) is 1. The Hall–Kier alpha value is -2.00. The Balaban J connectivity index is 2.26. The lowest BCUT2D eigenvalue weighted by atomic mass is 10.2. The largest absolute Gasteiger partial charge is 0.490 e. The van der Waals surface area contributed by atoms with Crippen LogP contribution in [0.25, 0.3) is 0 Å². The minimum absolute atomic E-state index is 0.162. The van der Waals surface area contributed by atoms with E-state index in [0.717, 1.165) is 5.01 Å². The fraction of sp³-hybridized carbons (Fsp3) is 0.182. The Morgan fingerprint density at radius 2 is 2.35 bits per heavy atom. The number of nitrogens with zero attached hydrogens (tertiary/aromatic N) is 3. The quantitative estimate of drug-likeness (QED) is 0.365. The molecule has 0 atom stereocenters. The maximum Gasteiger partial charge on any atom is 0.311 e. The van der Waals surface area contributed by atoms with Crippen LogP contribution in [0, 0.1) is 10.1 Å². The summed E-state index contributed by atoms with van der Waals surface area (Å²) in [5, 5.41) is 15.9. The van der Waals surface area contributed by atoms with Crippen LogP contribution < -0.4 is 4.74 Å². The third-order valence-corrected chi connectivity index (χ3v) is 3.79. The fourth-order valence-electron chi connectivity index (χ4n) is 1.51. The summed E-state index contributed by atoms with van der Waals surface area (Å²) in [6, 6.07) is 4.39. The van der Waals surface area contributed by atoms with Gasteiger partial charge in [0.15, 0.2) is 10.1 Å². The second-order valence-corrected chi connectivity index (χ2v) is 5.30. The van der Waals surface area contributed by atoms with Gasteiger partial charge in [-0.3, -0.25) is 14.9 Å². The van der Waals surface area contributed by atoms with Crippen LogP contribution in [-0.4, -0.2) is 39.2 Å². The van der Waals surface area contributed by atoms with E-state index in [-0.39, 0.29) is 23.1 Å². The van der Waals surface area contributed by atoms with E-state index in [0.29, 0.717) is 9.88 Å². The molecule has 0 aliphatic carbocycles. The van der Waals surface area contributed by atoms with Crippen molar-refractivity contribution < 1.29 is 14.5 Å². The molecule has 0 bridgehead atoms. The number of methoxy groups -OCH3 is 1. The van der Waals surface area contributed by atoms with E-state index in [2.05, 4.69) is 5.10 Å². The van der Waals surface area contributed by atoms with Gasteiger partial charge in [0.2, 0.25) is 0 Å². The van der Waals surface area contributed by atoms with Gasteiger partial charge in [-0.2, -0.15) is 10.1 Å². The highest BCUT2D eigenvalue weighted by molar-refractivity contribution is 8.23. The van der Waals surface area contributed by atoms with Crippen molar-refractivity contribution in [2.45, 2.75) is 0 Å². The number of carbonyl (C=O) groups excluding carboxylic acids is 1. The number of hydrazone groups is 1. The van der Waals surface area contributed by atoms with Crippen LogP contribution in [-0.2, 0) is 4.79 Å². The average molecular weight is 311 g/mol. The maximum absolute atomic E-state index is 11.5. The van der Waals surface area contributed by atoms with Gasteiger partial charge in [0, 0.05) is 11.6 Å². The lowest BCUT2D eigenvalue weighted by molar-refractivity contribution is -0.385. The average Bonchev–Trinajstić information content (AvgIpc) is 2.75. The monoisotopic (exact) mass is 311 g/mol. The summed E-state index contributed by atoms with van der Waals surface area (Å²) < 4.78 is 5.27. The molecule has 1 aliphatic rings. The molecular formula is C11H9N3O4S2. The Morgan fingerprint density at radius 1 is 1.60 bits per heavy atom. The lowest BCUT2D eigenvalue weighted by Crippen LogP contribution is -2.22. The van der Waals surface area contributed by atoms with Gasteiger partial charge in [0.1, 0.15) is 0 Å². The van der Waals surface area contributed by atoms with Crippen LogP contribution in [0.3, 0.4) is 0 Å². The van der Waals surface area contributed by atoms with Crippen LogP contribution in [0.15, 0.2) is 23.3 Å². The molecule has 0 spiro atoms. The molecule has 1 amide bonds. The number of hydrogen-bond acceptors (Lipinski definition) is 7. The number of benzene rings is 1. The maximum atomic E-state index is 11.5. The van der Waals surface area contributed by atoms with Gasteiger partial charge in [-0.05, 0) is 12.1 Å². The van der Waals surface area contributed by atoms with E-state index >= 15 is 0 Å². The molecule has 1 heterocycles. The van der Waals surface area contributed by atoms with Crippen molar-refractivity contribution in [3.05, 3.63) is 33.9 Å². The molecule has 0 aromatic heterocycles. The Morgan fingerprint density at radius 3 is 2.90 bits per heavy atom. The third-order valence-electron chi connectivity index (χ3n) is 2.45. The molecule has 1 saturated heterocycles. The lowest BCUT2D eigenvalue weighted by Gasteiger charge is -2.06. The van der Waals surface area contributed by atoms with Crippen molar-refractivity contribution in [3.63, 3.8) is 0 Å². The molecule has 0 saturated carbocycles. The zero-order valence-corrected chi connectivity index (χ0v) is 11.9. The molecule has 2 rings (SSSR count). The van der Waals surface area contributed by atoms with Gasteiger partial charge in [-0.15, -0.1) is 0 Å². The molecule has 0 unspecified atom stereocenters. The number of thiocarbonyl (C=S) groups is 1. The summed E-state index contributed by atoms with van der Waals surface area (Å²) in [4.78, 5) is 21.8. The number of nitro groups is 1. The van der Waals surface area contributed by atoms with E-state index in [1.54, 1.807) is 6.07 Å². The van der Waals surface area contributed by atoms with Gasteiger partial charge in [-0.25, -0.2) is 0 Å². The molecule has 9 heteroatoms. The van der Waals surface area contributed by atoms with Crippen LogP contribution in [0.2, 0.25) is 0 Å². The van der Waals surface area contributed by atoms with Crippen molar-refractivity contribution >= 4 is 46.1 Å². The highest BCUT2D eigenvalue weighted by Gasteiger charge is 2.26. The van der Waals surface area contributed by atoms with Crippen molar-refractivity contribution in [2.75, 3.05) is 12.9 Å². The Bertz CT molecular complexity index is 602. The molecule has 0 N–H and O–H groups in total. The first kappa shape index (κ1) is 14.4. The van der Waals surface area contributed by atoms with E-state index < -0.39 is 4.92 Å². The number of hydrogen-bond donors (Lipinski definition) is 0. The Kier molecular flexibility index (Phi) is 4.30. The highest BCUT2D eigenvalue weighted by Crippen LogP contribution is 2.27. The first-order valence-corrected chi connectivity index (χ1v) is 6.78. The summed E-state index contributed by atoms with van der Waals surface area (Å²) in [6.07, 6.45) is 1.35. The molecule has 20 heavy (non-hydrogen) atoms. The van der Waals surface area contributed by atoms with Crippen LogP contribution >= 0.6 is 24.0 Å². The first-order chi connectivity index (χ1) is 9.52.